The molecule has 0 spiro atoms. The number of aliphatic hydroxyl groups excluding tert-OH is 1. The Morgan fingerprint density at radius 2 is 1.86 bits per heavy atom. The maximum atomic E-state index is 11.0. The minimum atomic E-state index is -0.869. The van der Waals surface area contributed by atoms with Gasteiger partial charge < -0.3 is 14.9 Å². The van der Waals surface area contributed by atoms with Crippen LogP contribution in [-0.4, -0.2) is 34.1 Å². The Morgan fingerprint density at radius 3 is 2.45 bits per heavy atom. The molecule has 158 valence electrons. The molecule has 4 aliphatic rings. The van der Waals surface area contributed by atoms with E-state index in [1.54, 1.807) is 24.3 Å². The predicted molar refractivity (Wildman–Crippen MR) is 112 cm³/mol. The van der Waals surface area contributed by atoms with E-state index in [0.717, 1.165) is 32.1 Å². The number of aliphatic carboxylic acids is 1. The van der Waals surface area contributed by atoms with Gasteiger partial charge in [-0.2, -0.15) is 0 Å². The highest BCUT2D eigenvalue weighted by atomic mass is 35.5. The summed E-state index contributed by atoms with van der Waals surface area (Å²) in [6.07, 6.45) is 7.85. The molecule has 1 aromatic rings. The summed E-state index contributed by atoms with van der Waals surface area (Å²) in [4.78, 5) is 11.0. The second-order valence-electron chi connectivity index (χ2n) is 9.76. The van der Waals surface area contributed by atoms with E-state index in [-0.39, 0.29) is 11.5 Å². The van der Waals surface area contributed by atoms with Crippen LogP contribution in [0.2, 0.25) is 5.02 Å². The smallest absolute Gasteiger partial charge is 0.327 e. The molecule has 0 saturated heterocycles. The lowest BCUT2D eigenvalue weighted by atomic mass is 9.48. The summed E-state index contributed by atoms with van der Waals surface area (Å²) >= 11 is 5.94. The Morgan fingerprint density at radius 1 is 1.24 bits per heavy atom. The molecule has 1 aromatic carbocycles. The van der Waals surface area contributed by atoms with E-state index >= 15 is 0 Å². The van der Waals surface area contributed by atoms with Gasteiger partial charge in [-0.25, -0.2) is 4.79 Å². The highest BCUT2D eigenvalue weighted by Crippen LogP contribution is 2.60. The number of halogens is 1. The lowest BCUT2D eigenvalue weighted by Gasteiger charge is -2.60. The molecule has 5 rings (SSSR count). The van der Waals surface area contributed by atoms with Crippen molar-refractivity contribution in [3.05, 3.63) is 41.4 Å². The zero-order valence-corrected chi connectivity index (χ0v) is 17.7. The summed E-state index contributed by atoms with van der Waals surface area (Å²) < 4.78 is 6.05. The Balaban J connectivity index is 1.43. The van der Waals surface area contributed by atoms with Gasteiger partial charge in [0.1, 0.15) is 17.6 Å². The van der Waals surface area contributed by atoms with E-state index in [1.807, 2.05) is 19.9 Å². The molecule has 0 radical (unpaired) electrons. The molecular formula is C23H30ClNO4. The molecule has 5 nitrogen and oxygen atoms in total. The summed E-state index contributed by atoms with van der Waals surface area (Å²) in [5.41, 5.74) is -0.781. The van der Waals surface area contributed by atoms with Gasteiger partial charge in [-0.15, -0.1) is 0 Å². The van der Waals surface area contributed by atoms with Crippen molar-refractivity contribution >= 4 is 17.6 Å². The van der Waals surface area contributed by atoms with Crippen LogP contribution in [0.1, 0.15) is 46.0 Å². The molecule has 4 saturated carbocycles. The first kappa shape index (κ1) is 20.7. The fourth-order valence-corrected chi connectivity index (χ4v) is 6.18. The van der Waals surface area contributed by atoms with E-state index in [0.29, 0.717) is 28.5 Å². The summed E-state index contributed by atoms with van der Waals surface area (Å²) in [7, 11) is 0. The van der Waals surface area contributed by atoms with Crippen LogP contribution in [0.15, 0.2) is 36.4 Å². The third-order valence-corrected chi connectivity index (χ3v) is 7.36. The molecule has 0 aliphatic heterocycles. The molecular weight excluding hydrogens is 390 g/mol. The average molecular weight is 420 g/mol. The molecule has 3 atom stereocenters. The zero-order valence-electron chi connectivity index (χ0n) is 17.0. The molecule has 4 aliphatic carbocycles. The Hall–Kier alpha value is -1.56. The maximum absolute atomic E-state index is 11.0. The van der Waals surface area contributed by atoms with Crippen molar-refractivity contribution in [2.24, 2.45) is 23.2 Å². The van der Waals surface area contributed by atoms with Crippen LogP contribution in [0.4, 0.5) is 0 Å². The molecule has 3 unspecified atom stereocenters. The third-order valence-electron chi connectivity index (χ3n) is 7.10. The molecule has 0 amide bonds. The highest BCUT2D eigenvalue weighted by Gasteiger charge is 2.55. The minimum absolute atomic E-state index is 0.0212. The Labute approximate surface area is 177 Å². The van der Waals surface area contributed by atoms with Crippen molar-refractivity contribution in [3.8, 4) is 5.75 Å². The lowest BCUT2D eigenvalue weighted by molar-refractivity contribution is -0.131. The number of allylic oxidation sites excluding steroid dienone is 1. The van der Waals surface area contributed by atoms with Gasteiger partial charge in [0.2, 0.25) is 0 Å². The van der Waals surface area contributed by atoms with Crippen LogP contribution in [-0.2, 0) is 4.79 Å². The van der Waals surface area contributed by atoms with Crippen LogP contribution in [0, 0.1) is 23.2 Å². The van der Waals surface area contributed by atoms with Crippen LogP contribution < -0.4 is 10.1 Å². The first-order chi connectivity index (χ1) is 13.7. The zero-order chi connectivity index (χ0) is 20.8. The molecule has 6 heteroatoms. The van der Waals surface area contributed by atoms with Crippen molar-refractivity contribution in [2.75, 3.05) is 0 Å². The van der Waals surface area contributed by atoms with Gasteiger partial charge in [0, 0.05) is 17.1 Å². The van der Waals surface area contributed by atoms with Crippen LogP contribution in [0.5, 0.6) is 5.75 Å². The summed E-state index contributed by atoms with van der Waals surface area (Å²) in [6.45, 7) is 3.76. The lowest BCUT2D eigenvalue weighted by Crippen LogP contribution is -2.63. The first-order valence-corrected chi connectivity index (χ1v) is 10.8. The van der Waals surface area contributed by atoms with Gasteiger partial charge in [-0.1, -0.05) is 17.7 Å². The van der Waals surface area contributed by atoms with E-state index in [2.05, 4.69) is 5.32 Å². The minimum Gasteiger partial charge on any atom is -0.484 e. The number of benzene rings is 1. The number of aliphatic hydroxyl groups is 1. The number of carbonyl (C=O) groups is 1. The van der Waals surface area contributed by atoms with Crippen LogP contribution >= 0.6 is 11.6 Å². The van der Waals surface area contributed by atoms with Crippen molar-refractivity contribution < 1.29 is 19.7 Å². The molecule has 3 N–H and O–H groups in total. The second-order valence-corrected chi connectivity index (χ2v) is 10.2. The van der Waals surface area contributed by atoms with Gasteiger partial charge in [0.15, 0.2) is 0 Å². The van der Waals surface area contributed by atoms with Gasteiger partial charge in [-0.3, -0.25) is 5.32 Å². The van der Waals surface area contributed by atoms with Gasteiger partial charge in [-0.05, 0) is 93.4 Å². The average Bonchev–Trinajstić information content (AvgIpc) is 2.64. The fraction of sp³-hybridized carbons (Fsp3) is 0.609. The number of carboxylic acid groups (broad SMARTS) is 1. The Bertz CT molecular complexity index is 775. The first-order valence-electron chi connectivity index (χ1n) is 10.5. The Kier molecular flexibility index (Phi) is 5.43. The largest absolute Gasteiger partial charge is 0.484 e. The van der Waals surface area contributed by atoms with Crippen molar-refractivity contribution in [2.45, 2.75) is 63.8 Å². The number of ether oxygens (including phenoxy) is 1. The molecule has 4 fully saturated rings. The molecule has 29 heavy (non-hydrogen) atoms. The predicted octanol–water partition coefficient (Wildman–Crippen LogP) is 4.24. The summed E-state index contributed by atoms with van der Waals surface area (Å²) in [5.74, 6) is 1.39. The number of hydrogen-bond acceptors (Lipinski definition) is 4. The van der Waals surface area contributed by atoms with E-state index in [1.165, 1.54) is 6.08 Å². The fourth-order valence-electron chi connectivity index (χ4n) is 6.06. The normalized spacial score (nSPS) is 34.5. The number of carboxylic acids is 1. The number of rotatable bonds is 7. The van der Waals surface area contributed by atoms with E-state index in [4.69, 9.17) is 21.4 Å². The van der Waals surface area contributed by atoms with Gasteiger partial charge >= 0.3 is 5.97 Å². The topological polar surface area (TPSA) is 78.8 Å². The number of nitrogens with one attached hydrogen (secondary N) is 1. The monoisotopic (exact) mass is 419 g/mol. The van der Waals surface area contributed by atoms with Gasteiger partial charge in [0.25, 0.3) is 0 Å². The maximum Gasteiger partial charge on any atom is 0.327 e. The number of hydrogen-bond donors (Lipinski definition) is 3. The van der Waals surface area contributed by atoms with Crippen molar-refractivity contribution in [3.63, 3.8) is 0 Å². The van der Waals surface area contributed by atoms with E-state index < -0.39 is 17.8 Å². The standard InChI is InChI=1S/C23H30ClNO4/c1-22(2,29-18-5-3-17(24)4-6-18)21(28)25-20-15-9-14-10-16(20)13-23(11-14,12-15)8-7-19(26)27/h3-8,14-16,20-21,25,28H,9-13H2,1-2H3,(H,26,27)/b8-7+. The second kappa shape index (κ2) is 7.60. The van der Waals surface area contributed by atoms with Gasteiger partial charge in [0.05, 0.1) is 0 Å². The molecule has 0 heterocycles. The SMILES string of the molecule is CC(C)(Oc1ccc(Cl)cc1)C(O)NC1C2CC3CC1CC(/C=C/C(=O)O)(C3)C2. The molecule has 4 bridgehead atoms. The van der Waals surface area contributed by atoms with Crippen molar-refractivity contribution in [1.82, 2.24) is 5.32 Å². The summed E-state index contributed by atoms with van der Waals surface area (Å²) in [5, 5.41) is 24.1. The third kappa shape index (κ3) is 4.32. The van der Waals surface area contributed by atoms with E-state index in [9.17, 15) is 9.90 Å². The quantitative estimate of drug-likeness (QED) is 0.455. The highest BCUT2D eigenvalue weighted by molar-refractivity contribution is 6.30. The van der Waals surface area contributed by atoms with Crippen LogP contribution in [0.3, 0.4) is 0 Å². The molecule has 0 aromatic heterocycles. The van der Waals surface area contributed by atoms with Crippen molar-refractivity contribution in [1.29, 1.82) is 0 Å². The van der Waals surface area contributed by atoms with Crippen LogP contribution in [0.25, 0.3) is 0 Å². The summed E-state index contributed by atoms with van der Waals surface area (Å²) in [6, 6.07) is 7.39.